The summed E-state index contributed by atoms with van der Waals surface area (Å²) in [5.41, 5.74) is 5.82. The molecule has 1 heterocycles. The summed E-state index contributed by atoms with van der Waals surface area (Å²) in [7, 11) is 0. The molecule has 2 aromatic rings. The second-order valence-electron chi connectivity index (χ2n) is 6.40. The lowest BCUT2D eigenvalue weighted by atomic mass is 9.85. The fourth-order valence-electron chi connectivity index (χ4n) is 3.18. The van der Waals surface area contributed by atoms with Gasteiger partial charge in [0.15, 0.2) is 0 Å². The van der Waals surface area contributed by atoms with Crippen molar-refractivity contribution in [2.75, 3.05) is 0 Å². The number of hydrogen-bond donors (Lipinski definition) is 1. The van der Waals surface area contributed by atoms with E-state index in [0.717, 1.165) is 18.0 Å². The molecule has 0 aliphatic heterocycles. The lowest BCUT2D eigenvalue weighted by molar-refractivity contribution is 0.268. The number of nitrogens with one attached hydrogen (secondary N) is 1. The zero-order valence-electron chi connectivity index (χ0n) is 12.2. The first-order valence-electron chi connectivity index (χ1n) is 7.01. The summed E-state index contributed by atoms with van der Waals surface area (Å²) in [5, 5.41) is 9.03. The van der Waals surface area contributed by atoms with Crippen molar-refractivity contribution in [1.82, 2.24) is 5.32 Å². The largest absolute Gasteiger partial charge is 0.305 e. The highest BCUT2D eigenvalue weighted by atomic mass is 35.5. The molecule has 0 saturated carbocycles. The van der Waals surface area contributed by atoms with Crippen LogP contribution in [-0.4, -0.2) is 0 Å². The molecule has 1 aliphatic carbocycles. The van der Waals surface area contributed by atoms with Crippen molar-refractivity contribution in [3.05, 3.63) is 56.2 Å². The van der Waals surface area contributed by atoms with Gasteiger partial charge < -0.3 is 5.32 Å². The van der Waals surface area contributed by atoms with Gasteiger partial charge in [0, 0.05) is 17.6 Å². The lowest BCUT2D eigenvalue weighted by Crippen LogP contribution is -2.30. The summed E-state index contributed by atoms with van der Waals surface area (Å²) in [4.78, 5) is 0. The van der Waals surface area contributed by atoms with Gasteiger partial charge in [-0.15, -0.1) is 0 Å². The molecule has 0 spiro atoms. The van der Waals surface area contributed by atoms with Gasteiger partial charge in [0.1, 0.15) is 0 Å². The minimum atomic E-state index is 0.233. The molecule has 0 radical (unpaired) electrons. The molecule has 1 aliphatic rings. The number of aryl methyl sites for hydroxylation is 1. The van der Waals surface area contributed by atoms with Crippen molar-refractivity contribution >= 4 is 22.9 Å². The first-order valence-corrected chi connectivity index (χ1v) is 8.33. The van der Waals surface area contributed by atoms with Crippen molar-refractivity contribution in [3.63, 3.8) is 0 Å². The zero-order valence-corrected chi connectivity index (χ0v) is 13.7. The Morgan fingerprint density at radius 2 is 2.15 bits per heavy atom. The zero-order chi connectivity index (χ0) is 14.3. The average Bonchev–Trinajstić information content (AvgIpc) is 2.88. The Morgan fingerprint density at radius 3 is 2.85 bits per heavy atom. The van der Waals surface area contributed by atoms with E-state index in [1.165, 1.54) is 22.3 Å². The molecule has 1 aromatic heterocycles. The number of benzene rings is 1. The molecule has 1 unspecified atom stereocenters. The molecule has 1 atom stereocenters. The Kier molecular flexibility index (Phi) is 3.65. The van der Waals surface area contributed by atoms with E-state index in [-0.39, 0.29) is 5.41 Å². The van der Waals surface area contributed by atoms with E-state index in [9.17, 15) is 0 Å². The van der Waals surface area contributed by atoms with Crippen LogP contribution >= 0.6 is 22.9 Å². The van der Waals surface area contributed by atoms with Crippen molar-refractivity contribution in [1.29, 1.82) is 0 Å². The quantitative estimate of drug-likeness (QED) is 0.829. The van der Waals surface area contributed by atoms with Crippen LogP contribution in [-0.2, 0) is 13.0 Å². The Hall–Kier alpha value is -0.830. The maximum absolute atomic E-state index is 6.18. The van der Waals surface area contributed by atoms with Crippen LogP contribution in [0.3, 0.4) is 0 Å². The van der Waals surface area contributed by atoms with Crippen LogP contribution in [0, 0.1) is 12.3 Å². The standard InChI is InChI=1S/C17H20ClNS/c1-11-9-20-10-13(11)8-19-16-15-6-14(18)5-4-12(15)7-17(16,2)3/h4-6,9-10,16,19H,7-8H2,1-3H3. The predicted molar refractivity (Wildman–Crippen MR) is 87.6 cm³/mol. The van der Waals surface area contributed by atoms with E-state index < -0.39 is 0 Å². The molecular formula is C17H20ClNS. The summed E-state index contributed by atoms with van der Waals surface area (Å²) in [6.07, 6.45) is 1.11. The van der Waals surface area contributed by atoms with E-state index >= 15 is 0 Å². The Balaban J connectivity index is 1.85. The van der Waals surface area contributed by atoms with Crippen LogP contribution in [0.4, 0.5) is 0 Å². The summed E-state index contributed by atoms with van der Waals surface area (Å²) < 4.78 is 0. The summed E-state index contributed by atoms with van der Waals surface area (Å²) in [6, 6.07) is 6.68. The molecule has 0 bridgehead atoms. The normalized spacial score (nSPS) is 20.1. The highest BCUT2D eigenvalue weighted by Crippen LogP contribution is 2.46. The summed E-state index contributed by atoms with van der Waals surface area (Å²) in [5.74, 6) is 0. The molecule has 1 N–H and O–H groups in total. The van der Waals surface area contributed by atoms with Gasteiger partial charge >= 0.3 is 0 Å². The number of hydrogen-bond acceptors (Lipinski definition) is 2. The third-order valence-corrected chi connectivity index (χ3v) is 5.45. The summed E-state index contributed by atoms with van der Waals surface area (Å²) >= 11 is 7.96. The van der Waals surface area contributed by atoms with Gasteiger partial charge in [-0.2, -0.15) is 11.3 Å². The second kappa shape index (κ2) is 5.18. The van der Waals surface area contributed by atoms with Crippen LogP contribution in [0.1, 0.15) is 42.1 Å². The van der Waals surface area contributed by atoms with E-state index in [4.69, 9.17) is 11.6 Å². The Bertz CT molecular complexity index is 630. The van der Waals surface area contributed by atoms with E-state index in [1.54, 1.807) is 11.3 Å². The molecular weight excluding hydrogens is 286 g/mol. The van der Waals surface area contributed by atoms with Gasteiger partial charge in [0.2, 0.25) is 0 Å². The van der Waals surface area contributed by atoms with Crippen molar-refractivity contribution in [2.24, 2.45) is 5.41 Å². The number of halogens is 1. The molecule has 1 nitrogen and oxygen atoms in total. The number of fused-ring (bicyclic) bond motifs is 1. The van der Waals surface area contributed by atoms with Crippen LogP contribution in [0.2, 0.25) is 5.02 Å². The maximum atomic E-state index is 6.18. The smallest absolute Gasteiger partial charge is 0.0409 e. The minimum absolute atomic E-state index is 0.233. The average molecular weight is 306 g/mol. The third kappa shape index (κ3) is 2.52. The van der Waals surface area contributed by atoms with Crippen LogP contribution < -0.4 is 5.32 Å². The molecule has 0 fully saturated rings. The molecule has 3 rings (SSSR count). The third-order valence-electron chi connectivity index (χ3n) is 4.30. The molecule has 0 amide bonds. The molecule has 3 heteroatoms. The van der Waals surface area contributed by atoms with E-state index in [2.05, 4.69) is 49.0 Å². The van der Waals surface area contributed by atoms with Crippen molar-refractivity contribution in [3.8, 4) is 0 Å². The first-order chi connectivity index (χ1) is 9.47. The molecule has 1 aromatic carbocycles. The molecule has 20 heavy (non-hydrogen) atoms. The second-order valence-corrected chi connectivity index (χ2v) is 7.58. The fourth-order valence-corrected chi connectivity index (χ4v) is 4.21. The predicted octanol–water partition coefficient (Wildman–Crippen LogP) is 5.12. The maximum Gasteiger partial charge on any atom is 0.0409 e. The SMILES string of the molecule is Cc1cscc1CNC1c2cc(Cl)ccc2CC1(C)C. The monoisotopic (exact) mass is 305 g/mol. The molecule has 106 valence electrons. The van der Waals surface area contributed by atoms with Gasteiger partial charge in [-0.3, -0.25) is 0 Å². The topological polar surface area (TPSA) is 12.0 Å². The van der Waals surface area contributed by atoms with Gasteiger partial charge in [-0.25, -0.2) is 0 Å². The van der Waals surface area contributed by atoms with Crippen molar-refractivity contribution in [2.45, 2.75) is 39.8 Å². The minimum Gasteiger partial charge on any atom is -0.305 e. The van der Waals surface area contributed by atoms with Gasteiger partial charge in [-0.1, -0.05) is 31.5 Å². The van der Waals surface area contributed by atoms with E-state index in [0.29, 0.717) is 6.04 Å². The van der Waals surface area contributed by atoms with Crippen LogP contribution in [0.15, 0.2) is 29.0 Å². The Labute approximate surface area is 130 Å². The van der Waals surface area contributed by atoms with Gasteiger partial charge in [0.25, 0.3) is 0 Å². The highest BCUT2D eigenvalue weighted by Gasteiger charge is 2.38. The Morgan fingerprint density at radius 1 is 1.35 bits per heavy atom. The highest BCUT2D eigenvalue weighted by molar-refractivity contribution is 7.08. The number of thiophene rings is 1. The fraction of sp³-hybridized carbons (Fsp3) is 0.412. The van der Waals surface area contributed by atoms with Crippen LogP contribution in [0.5, 0.6) is 0 Å². The van der Waals surface area contributed by atoms with E-state index in [1.807, 2.05) is 6.07 Å². The molecule has 0 saturated heterocycles. The van der Waals surface area contributed by atoms with Gasteiger partial charge in [-0.05, 0) is 63.9 Å². The van der Waals surface area contributed by atoms with Crippen LogP contribution in [0.25, 0.3) is 0 Å². The first kappa shape index (κ1) is 14.1. The van der Waals surface area contributed by atoms with Crippen molar-refractivity contribution < 1.29 is 0 Å². The van der Waals surface area contributed by atoms with Gasteiger partial charge in [0.05, 0.1) is 0 Å². The number of rotatable bonds is 3. The summed E-state index contributed by atoms with van der Waals surface area (Å²) in [6.45, 7) is 7.77. The lowest BCUT2D eigenvalue weighted by Gasteiger charge is -2.29.